The van der Waals surface area contributed by atoms with Gasteiger partial charge in [0, 0.05) is 32.3 Å². The van der Waals surface area contributed by atoms with Gasteiger partial charge in [0.05, 0.1) is 18.8 Å². The lowest BCUT2D eigenvalue weighted by Crippen LogP contribution is -2.34. The van der Waals surface area contributed by atoms with Crippen molar-refractivity contribution in [2.75, 3.05) is 20.3 Å². The number of hydrogen-bond donors (Lipinski definition) is 0. The summed E-state index contributed by atoms with van der Waals surface area (Å²) in [6, 6.07) is 5.27. The van der Waals surface area contributed by atoms with Crippen molar-refractivity contribution in [1.29, 1.82) is 0 Å². The van der Waals surface area contributed by atoms with Crippen LogP contribution in [0.1, 0.15) is 5.69 Å². The molecule has 6 nitrogen and oxygen atoms in total. The van der Waals surface area contributed by atoms with E-state index in [0.717, 1.165) is 5.69 Å². The SMILES string of the molecule is COC[C@@H]1CN(S(=O)(=O)c2cccs2)Cc2ccnn2C1. The second kappa shape index (κ2) is 5.88. The quantitative estimate of drug-likeness (QED) is 0.852. The van der Waals surface area contributed by atoms with Crippen LogP contribution in [0.3, 0.4) is 0 Å². The molecule has 114 valence electrons. The number of rotatable bonds is 4. The van der Waals surface area contributed by atoms with Gasteiger partial charge in [-0.1, -0.05) is 6.07 Å². The lowest BCUT2D eigenvalue weighted by Gasteiger charge is -2.22. The first-order chi connectivity index (χ1) is 10.1. The summed E-state index contributed by atoms with van der Waals surface area (Å²) >= 11 is 1.24. The van der Waals surface area contributed by atoms with Crippen LogP contribution in [0.4, 0.5) is 0 Å². The van der Waals surface area contributed by atoms with Crippen molar-refractivity contribution in [2.24, 2.45) is 5.92 Å². The van der Waals surface area contributed by atoms with E-state index < -0.39 is 10.0 Å². The first kappa shape index (κ1) is 14.7. The molecule has 0 bridgehead atoms. The molecule has 1 aliphatic heterocycles. The van der Waals surface area contributed by atoms with Crippen molar-refractivity contribution >= 4 is 21.4 Å². The van der Waals surface area contributed by atoms with Crippen molar-refractivity contribution < 1.29 is 13.2 Å². The molecule has 0 spiro atoms. The van der Waals surface area contributed by atoms with Crippen molar-refractivity contribution in [2.45, 2.75) is 17.3 Å². The van der Waals surface area contributed by atoms with Crippen LogP contribution in [0.5, 0.6) is 0 Å². The first-order valence-electron chi connectivity index (χ1n) is 6.64. The van der Waals surface area contributed by atoms with Crippen molar-refractivity contribution in [3.8, 4) is 0 Å². The molecule has 0 unspecified atom stereocenters. The molecule has 0 aromatic carbocycles. The highest BCUT2D eigenvalue weighted by molar-refractivity contribution is 7.91. The van der Waals surface area contributed by atoms with Crippen LogP contribution in [0.15, 0.2) is 34.0 Å². The van der Waals surface area contributed by atoms with E-state index in [-0.39, 0.29) is 5.92 Å². The monoisotopic (exact) mass is 327 g/mol. The molecule has 8 heteroatoms. The molecular formula is C13H17N3O3S2. The van der Waals surface area contributed by atoms with Gasteiger partial charge in [0.25, 0.3) is 10.0 Å². The minimum absolute atomic E-state index is 0.0888. The topological polar surface area (TPSA) is 64.4 Å². The van der Waals surface area contributed by atoms with Crippen LogP contribution in [-0.2, 0) is 27.8 Å². The van der Waals surface area contributed by atoms with Crippen LogP contribution < -0.4 is 0 Å². The Morgan fingerprint density at radius 2 is 2.29 bits per heavy atom. The predicted molar refractivity (Wildman–Crippen MR) is 79.5 cm³/mol. The summed E-state index contributed by atoms with van der Waals surface area (Å²) in [4.78, 5) is 0. The molecule has 2 aromatic heterocycles. The summed E-state index contributed by atoms with van der Waals surface area (Å²) in [5.74, 6) is 0.0888. The molecule has 0 radical (unpaired) electrons. The van der Waals surface area contributed by atoms with Crippen LogP contribution in [0.25, 0.3) is 0 Å². The Balaban J connectivity index is 1.94. The zero-order valence-corrected chi connectivity index (χ0v) is 13.3. The number of ether oxygens (including phenoxy) is 1. The van der Waals surface area contributed by atoms with E-state index in [1.54, 1.807) is 30.8 Å². The Labute approximate surface area is 128 Å². The van der Waals surface area contributed by atoms with E-state index in [2.05, 4.69) is 5.10 Å². The lowest BCUT2D eigenvalue weighted by molar-refractivity contribution is 0.133. The molecule has 21 heavy (non-hydrogen) atoms. The molecular weight excluding hydrogens is 310 g/mol. The second-order valence-corrected chi connectivity index (χ2v) is 8.17. The largest absolute Gasteiger partial charge is 0.384 e. The second-order valence-electron chi connectivity index (χ2n) is 5.06. The zero-order chi connectivity index (χ0) is 14.9. The summed E-state index contributed by atoms with van der Waals surface area (Å²) < 4.78 is 34.5. The molecule has 1 atom stereocenters. The fourth-order valence-electron chi connectivity index (χ4n) is 2.56. The van der Waals surface area contributed by atoms with Gasteiger partial charge in [-0.05, 0) is 17.5 Å². The number of nitrogens with zero attached hydrogens (tertiary/aromatic N) is 3. The minimum Gasteiger partial charge on any atom is -0.384 e. The molecule has 0 N–H and O–H groups in total. The number of thiophene rings is 1. The van der Waals surface area contributed by atoms with E-state index in [0.29, 0.717) is 30.5 Å². The first-order valence-corrected chi connectivity index (χ1v) is 8.96. The van der Waals surface area contributed by atoms with Gasteiger partial charge >= 0.3 is 0 Å². The number of methoxy groups -OCH3 is 1. The predicted octanol–water partition coefficient (Wildman–Crippen LogP) is 1.41. The maximum atomic E-state index is 12.7. The number of sulfonamides is 1. The van der Waals surface area contributed by atoms with Gasteiger partial charge in [-0.15, -0.1) is 11.3 Å². The van der Waals surface area contributed by atoms with Crippen molar-refractivity contribution in [3.05, 3.63) is 35.5 Å². The van der Waals surface area contributed by atoms with E-state index in [9.17, 15) is 8.42 Å². The third-order valence-electron chi connectivity index (χ3n) is 3.53. The van der Waals surface area contributed by atoms with E-state index in [1.807, 2.05) is 10.7 Å². The number of hydrogen-bond acceptors (Lipinski definition) is 5. The maximum absolute atomic E-state index is 12.7. The van der Waals surface area contributed by atoms with Crippen molar-refractivity contribution in [1.82, 2.24) is 14.1 Å². The normalized spacial score (nSPS) is 20.1. The zero-order valence-electron chi connectivity index (χ0n) is 11.7. The molecule has 0 amide bonds. The average molecular weight is 327 g/mol. The van der Waals surface area contributed by atoms with Gasteiger partial charge in [0.15, 0.2) is 0 Å². The van der Waals surface area contributed by atoms with Crippen LogP contribution in [0.2, 0.25) is 0 Å². The molecule has 0 saturated carbocycles. The third-order valence-corrected chi connectivity index (χ3v) is 6.71. The van der Waals surface area contributed by atoms with Gasteiger partial charge in [0.2, 0.25) is 0 Å². The Bertz CT molecular complexity index is 694. The fourth-order valence-corrected chi connectivity index (χ4v) is 5.19. The third kappa shape index (κ3) is 2.89. The van der Waals surface area contributed by atoms with Gasteiger partial charge in [-0.25, -0.2) is 8.42 Å². The van der Waals surface area contributed by atoms with E-state index in [1.165, 1.54) is 15.6 Å². The maximum Gasteiger partial charge on any atom is 0.252 e. The highest BCUT2D eigenvalue weighted by Crippen LogP contribution is 2.26. The number of aromatic nitrogens is 2. The summed E-state index contributed by atoms with van der Waals surface area (Å²) in [6.45, 7) is 1.97. The number of fused-ring (bicyclic) bond motifs is 1. The summed E-state index contributed by atoms with van der Waals surface area (Å²) in [5.41, 5.74) is 0.911. The molecule has 1 aliphatic rings. The minimum atomic E-state index is -3.46. The van der Waals surface area contributed by atoms with Crippen LogP contribution in [0, 0.1) is 5.92 Å². The van der Waals surface area contributed by atoms with Gasteiger partial charge in [-0.3, -0.25) is 4.68 Å². The highest BCUT2D eigenvalue weighted by Gasteiger charge is 2.31. The van der Waals surface area contributed by atoms with Gasteiger partial charge < -0.3 is 4.74 Å². The molecule has 0 fully saturated rings. The average Bonchev–Trinajstić information content (AvgIpc) is 3.08. The van der Waals surface area contributed by atoms with Crippen LogP contribution >= 0.6 is 11.3 Å². The Morgan fingerprint density at radius 1 is 1.43 bits per heavy atom. The van der Waals surface area contributed by atoms with E-state index >= 15 is 0 Å². The summed E-state index contributed by atoms with van der Waals surface area (Å²) in [7, 11) is -1.83. The molecule has 3 heterocycles. The van der Waals surface area contributed by atoms with Gasteiger partial charge in [0.1, 0.15) is 4.21 Å². The molecule has 3 rings (SSSR count). The molecule has 2 aromatic rings. The Hall–Kier alpha value is -1.22. The Morgan fingerprint density at radius 3 is 3.00 bits per heavy atom. The highest BCUT2D eigenvalue weighted by atomic mass is 32.2. The Kier molecular flexibility index (Phi) is 4.12. The smallest absolute Gasteiger partial charge is 0.252 e. The lowest BCUT2D eigenvalue weighted by atomic mass is 10.1. The van der Waals surface area contributed by atoms with E-state index in [4.69, 9.17) is 4.74 Å². The molecule has 0 saturated heterocycles. The standard InChI is InChI=1S/C13H17N3O3S2/c1-19-10-11-7-15(9-12-4-5-14-16(12)8-11)21(17,18)13-3-2-6-20-13/h2-6,11H,7-10H2,1H3/t11-/m1/s1. The summed E-state index contributed by atoms with van der Waals surface area (Å²) in [6.07, 6.45) is 1.71. The molecule has 0 aliphatic carbocycles. The fraction of sp³-hybridized carbons (Fsp3) is 0.462. The van der Waals surface area contributed by atoms with Crippen LogP contribution in [-0.4, -0.2) is 42.8 Å². The van der Waals surface area contributed by atoms with Gasteiger partial charge in [-0.2, -0.15) is 9.40 Å². The summed E-state index contributed by atoms with van der Waals surface area (Å²) in [5, 5.41) is 6.05. The van der Waals surface area contributed by atoms with Crippen molar-refractivity contribution in [3.63, 3.8) is 0 Å².